The van der Waals surface area contributed by atoms with E-state index in [1.54, 1.807) is 18.2 Å². The first-order valence-electron chi connectivity index (χ1n) is 4.95. The van der Waals surface area contributed by atoms with Gasteiger partial charge in [-0.25, -0.2) is 9.97 Å². The van der Waals surface area contributed by atoms with Gasteiger partial charge in [0.25, 0.3) is 0 Å². The van der Waals surface area contributed by atoms with E-state index in [0.29, 0.717) is 17.3 Å². The van der Waals surface area contributed by atoms with Crippen LogP contribution in [-0.4, -0.2) is 16.8 Å². The van der Waals surface area contributed by atoms with Gasteiger partial charge in [0.2, 0.25) is 12.7 Å². The number of halogens is 1. The third-order valence-electron chi connectivity index (χ3n) is 2.28. The minimum absolute atomic E-state index is 0.223. The molecular formula is C11H8FN3O2. The van der Waals surface area contributed by atoms with Crippen LogP contribution >= 0.6 is 0 Å². The molecule has 1 aliphatic rings. The van der Waals surface area contributed by atoms with Crippen molar-refractivity contribution in [2.24, 2.45) is 0 Å². The van der Waals surface area contributed by atoms with Crippen molar-refractivity contribution in [3.05, 3.63) is 36.5 Å². The molecule has 0 spiro atoms. The van der Waals surface area contributed by atoms with Gasteiger partial charge in [0, 0.05) is 17.8 Å². The van der Waals surface area contributed by atoms with E-state index in [9.17, 15) is 4.39 Å². The summed E-state index contributed by atoms with van der Waals surface area (Å²) in [6.07, 6.45) is 1.16. The molecule has 0 saturated heterocycles. The largest absolute Gasteiger partial charge is 0.454 e. The van der Waals surface area contributed by atoms with Crippen molar-refractivity contribution < 1.29 is 13.9 Å². The SMILES string of the molecule is Fc1cc(Nc2ccc3c(c2)OCO3)ncn1. The Balaban J connectivity index is 1.86. The number of benzene rings is 1. The van der Waals surface area contributed by atoms with Crippen LogP contribution < -0.4 is 14.8 Å². The van der Waals surface area contributed by atoms with Crippen LogP contribution in [0.2, 0.25) is 0 Å². The molecule has 1 aliphatic heterocycles. The van der Waals surface area contributed by atoms with Gasteiger partial charge in [0.05, 0.1) is 0 Å². The molecule has 2 aromatic rings. The van der Waals surface area contributed by atoms with Crippen LogP contribution in [0, 0.1) is 5.95 Å². The van der Waals surface area contributed by atoms with Gasteiger partial charge < -0.3 is 14.8 Å². The van der Waals surface area contributed by atoms with Gasteiger partial charge in [-0.3, -0.25) is 0 Å². The zero-order valence-corrected chi connectivity index (χ0v) is 8.68. The monoisotopic (exact) mass is 233 g/mol. The maximum absolute atomic E-state index is 12.9. The number of hydrogen-bond acceptors (Lipinski definition) is 5. The fraction of sp³-hybridized carbons (Fsp3) is 0.0909. The van der Waals surface area contributed by atoms with Crippen LogP contribution in [0.3, 0.4) is 0 Å². The molecule has 0 aliphatic carbocycles. The molecule has 17 heavy (non-hydrogen) atoms. The number of nitrogens with zero attached hydrogens (tertiary/aromatic N) is 2. The second-order valence-corrected chi connectivity index (χ2v) is 3.42. The molecule has 0 amide bonds. The fourth-order valence-electron chi connectivity index (χ4n) is 1.52. The minimum atomic E-state index is -0.580. The minimum Gasteiger partial charge on any atom is -0.454 e. The molecule has 3 rings (SSSR count). The predicted molar refractivity (Wildman–Crippen MR) is 57.8 cm³/mol. The van der Waals surface area contributed by atoms with E-state index in [0.717, 1.165) is 12.0 Å². The number of aromatic nitrogens is 2. The molecule has 1 aromatic carbocycles. The summed E-state index contributed by atoms with van der Waals surface area (Å²) >= 11 is 0. The van der Waals surface area contributed by atoms with E-state index >= 15 is 0 Å². The molecule has 0 radical (unpaired) electrons. The van der Waals surface area contributed by atoms with Gasteiger partial charge in [-0.1, -0.05) is 0 Å². The predicted octanol–water partition coefficient (Wildman–Crippen LogP) is 2.09. The number of fused-ring (bicyclic) bond motifs is 1. The first-order valence-corrected chi connectivity index (χ1v) is 4.95. The number of rotatable bonds is 2. The Kier molecular flexibility index (Phi) is 2.25. The summed E-state index contributed by atoms with van der Waals surface area (Å²) in [6, 6.07) is 6.56. The van der Waals surface area contributed by atoms with E-state index < -0.39 is 5.95 Å². The fourth-order valence-corrected chi connectivity index (χ4v) is 1.52. The average molecular weight is 233 g/mol. The molecule has 1 aromatic heterocycles. The summed E-state index contributed by atoms with van der Waals surface area (Å²) in [5.41, 5.74) is 0.743. The van der Waals surface area contributed by atoms with Crippen molar-refractivity contribution in [3.63, 3.8) is 0 Å². The van der Waals surface area contributed by atoms with Crippen molar-refractivity contribution >= 4 is 11.5 Å². The van der Waals surface area contributed by atoms with Crippen LogP contribution in [-0.2, 0) is 0 Å². The van der Waals surface area contributed by atoms with Gasteiger partial charge in [0.15, 0.2) is 11.5 Å². The van der Waals surface area contributed by atoms with Crippen LogP contribution in [0.1, 0.15) is 0 Å². The van der Waals surface area contributed by atoms with E-state index in [-0.39, 0.29) is 6.79 Å². The number of anilines is 2. The smallest absolute Gasteiger partial charge is 0.231 e. The quantitative estimate of drug-likeness (QED) is 0.805. The molecule has 0 atom stereocenters. The highest BCUT2D eigenvalue weighted by Crippen LogP contribution is 2.34. The second-order valence-electron chi connectivity index (χ2n) is 3.42. The van der Waals surface area contributed by atoms with E-state index in [4.69, 9.17) is 9.47 Å². The topological polar surface area (TPSA) is 56.3 Å². The van der Waals surface area contributed by atoms with Crippen molar-refractivity contribution in [1.29, 1.82) is 0 Å². The summed E-state index contributed by atoms with van der Waals surface area (Å²) in [7, 11) is 0. The Morgan fingerprint density at radius 1 is 1.12 bits per heavy atom. The number of hydrogen-bond donors (Lipinski definition) is 1. The van der Waals surface area contributed by atoms with E-state index in [2.05, 4.69) is 15.3 Å². The third-order valence-corrected chi connectivity index (χ3v) is 2.28. The Hall–Kier alpha value is -2.37. The van der Waals surface area contributed by atoms with Crippen LogP contribution in [0.5, 0.6) is 11.5 Å². The van der Waals surface area contributed by atoms with Gasteiger partial charge in [0.1, 0.15) is 12.1 Å². The lowest BCUT2D eigenvalue weighted by molar-refractivity contribution is 0.174. The standard InChI is InChI=1S/C11H8FN3O2/c12-10-4-11(14-5-13-10)15-7-1-2-8-9(3-7)17-6-16-8/h1-5H,6H2,(H,13,14,15). The average Bonchev–Trinajstić information content (AvgIpc) is 2.76. The van der Waals surface area contributed by atoms with E-state index in [1.165, 1.54) is 6.07 Å². The first kappa shape index (κ1) is 9.83. The second kappa shape index (κ2) is 3.89. The Bertz CT molecular complexity index is 562. The molecule has 1 N–H and O–H groups in total. The molecule has 0 fully saturated rings. The zero-order valence-electron chi connectivity index (χ0n) is 8.68. The summed E-state index contributed by atoms with van der Waals surface area (Å²) in [5.74, 6) is 1.16. The van der Waals surface area contributed by atoms with Crippen molar-refractivity contribution in [1.82, 2.24) is 9.97 Å². The van der Waals surface area contributed by atoms with Crippen LogP contribution in [0.25, 0.3) is 0 Å². The molecule has 6 heteroatoms. The lowest BCUT2D eigenvalue weighted by Gasteiger charge is -2.05. The molecule has 86 valence electrons. The lowest BCUT2D eigenvalue weighted by Crippen LogP contribution is -1.95. The first-order chi connectivity index (χ1) is 8.31. The van der Waals surface area contributed by atoms with Gasteiger partial charge >= 0.3 is 0 Å². The van der Waals surface area contributed by atoms with Crippen molar-refractivity contribution in [2.75, 3.05) is 12.1 Å². The zero-order chi connectivity index (χ0) is 11.7. The van der Waals surface area contributed by atoms with Crippen molar-refractivity contribution in [3.8, 4) is 11.5 Å². The highest BCUT2D eigenvalue weighted by atomic mass is 19.1. The summed E-state index contributed by atoms with van der Waals surface area (Å²) in [6.45, 7) is 0.223. The normalized spacial score (nSPS) is 12.5. The molecule has 5 nitrogen and oxygen atoms in total. The van der Waals surface area contributed by atoms with Gasteiger partial charge in [-0.15, -0.1) is 0 Å². The maximum atomic E-state index is 12.9. The lowest BCUT2D eigenvalue weighted by atomic mass is 10.3. The summed E-state index contributed by atoms with van der Waals surface area (Å²) in [5, 5.41) is 2.95. The molecule has 0 unspecified atom stereocenters. The molecular weight excluding hydrogens is 225 g/mol. The summed E-state index contributed by atoms with van der Waals surface area (Å²) < 4.78 is 23.3. The van der Waals surface area contributed by atoms with E-state index in [1.807, 2.05) is 0 Å². The molecule has 2 heterocycles. The van der Waals surface area contributed by atoms with Gasteiger partial charge in [-0.2, -0.15) is 4.39 Å². The highest BCUT2D eigenvalue weighted by molar-refractivity contribution is 5.61. The third kappa shape index (κ3) is 1.96. The Labute approximate surface area is 96.2 Å². The highest BCUT2D eigenvalue weighted by Gasteiger charge is 2.13. The number of ether oxygens (including phenoxy) is 2. The summed E-state index contributed by atoms with van der Waals surface area (Å²) in [4.78, 5) is 7.27. The Morgan fingerprint density at radius 3 is 2.88 bits per heavy atom. The van der Waals surface area contributed by atoms with Gasteiger partial charge in [-0.05, 0) is 12.1 Å². The maximum Gasteiger partial charge on any atom is 0.231 e. The van der Waals surface area contributed by atoms with Crippen LogP contribution in [0.4, 0.5) is 15.9 Å². The van der Waals surface area contributed by atoms with Crippen LogP contribution in [0.15, 0.2) is 30.6 Å². The number of nitrogens with one attached hydrogen (secondary N) is 1. The van der Waals surface area contributed by atoms with Crippen molar-refractivity contribution in [2.45, 2.75) is 0 Å². The molecule has 0 bridgehead atoms. The Morgan fingerprint density at radius 2 is 2.00 bits per heavy atom. The molecule has 0 saturated carbocycles.